The molecule has 0 unspecified atom stereocenters. The van der Waals surface area contributed by atoms with Gasteiger partial charge in [-0.1, -0.05) is 58.4 Å². The molecule has 3 aromatic rings. The van der Waals surface area contributed by atoms with Crippen molar-refractivity contribution < 1.29 is 13.2 Å². The van der Waals surface area contributed by atoms with Gasteiger partial charge in [0.1, 0.15) is 0 Å². The van der Waals surface area contributed by atoms with Crippen LogP contribution in [0.4, 0.5) is 5.69 Å². The van der Waals surface area contributed by atoms with Gasteiger partial charge in [0.25, 0.3) is 5.91 Å². The first-order valence-electron chi connectivity index (χ1n) is 8.56. The maximum Gasteiger partial charge on any atom is 0.255 e. The number of amides is 1. The number of hydrogen-bond donors (Lipinski definition) is 2. The zero-order valence-electron chi connectivity index (χ0n) is 15.1. The molecule has 3 aromatic carbocycles. The van der Waals surface area contributed by atoms with Gasteiger partial charge in [0.2, 0.25) is 10.0 Å². The van der Waals surface area contributed by atoms with Crippen molar-refractivity contribution in [2.45, 2.75) is 18.4 Å². The maximum absolute atomic E-state index is 12.7. The largest absolute Gasteiger partial charge is 0.322 e. The van der Waals surface area contributed by atoms with Gasteiger partial charge >= 0.3 is 0 Å². The fourth-order valence-electron chi connectivity index (χ4n) is 2.64. The summed E-state index contributed by atoms with van der Waals surface area (Å²) in [4.78, 5) is 12.7. The van der Waals surface area contributed by atoms with Gasteiger partial charge in [-0.05, 0) is 48.4 Å². The molecule has 0 saturated heterocycles. The number of rotatable bonds is 6. The van der Waals surface area contributed by atoms with E-state index in [9.17, 15) is 13.2 Å². The Kier molecular flexibility index (Phi) is 6.28. The number of halogens is 1. The minimum absolute atomic E-state index is 0.0495. The van der Waals surface area contributed by atoms with Crippen molar-refractivity contribution in [3.05, 3.63) is 94.0 Å². The third kappa shape index (κ3) is 5.07. The molecule has 0 fully saturated rings. The maximum atomic E-state index is 12.7. The molecular formula is C21H19BrN2O3S. The van der Waals surface area contributed by atoms with Crippen LogP contribution in [0.2, 0.25) is 0 Å². The lowest BCUT2D eigenvalue weighted by Crippen LogP contribution is -2.24. The summed E-state index contributed by atoms with van der Waals surface area (Å²) in [5, 5.41) is 2.79. The molecular weight excluding hydrogens is 440 g/mol. The lowest BCUT2D eigenvalue weighted by Gasteiger charge is -2.11. The first-order valence-corrected chi connectivity index (χ1v) is 10.8. The molecule has 28 heavy (non-hydrogen) atoms. The van der Waals surface area contributed by atoms with Crippen LogP contribution in [-0.4, -0.2) is 14.3 Å². The average Bonchev–Trinajstić information content (AvgIpc) is 2.67. The normalized spacial score (nSPS) is 11.2. The Bertz CT molecular complexity index is 1100. The van der Waals surface area contributed by atoms with Gasteiger partial charge in [-0.2, -0.15) is 0 Å². The second-order valence-electron chi connectivity index (χ2n) is 6.25. The monoisotopic (exact) mass is 458 g/mol. The first-order chi connectivity index (χ1) is 13.3. The fraction of sp³-hybridized carbons (Fsp3) is 0.0952. The minimum atomic E-state index is -3.75. The molecule has 0 atom stereocenters. The van der Waals surface area contributed by atoms with Crippen LogP contribution >= 0.6 is 15.9 Å². The first kappa shape index (κ1) is 20.3. The molecule has 3 rings (SSSR count). The van der Waals surface area contributed by atoms with E-state index in [1.54, 1.807) is 31.2 Å². The molecule has 0 aliphatic carbocycles. The predicted molar refractivity (Wildman–Crippen MR) is 114 cm³/mol. The summed E-state index contributed by atoms with van der Waals surface area (Å²) in [6.45, 7) is 1.94. The van der Waals surface area contributed by atoms with Gasteiger partial charge in [-0.3, -0.25) is 4.79 Å². The molecule has 0 radical (unpaired) electrons. The summed E-state index contributed by atoms with van der Waals surface area (Å²) in [6.07, 6.45) is 0. The SMILES string of the molecule is Cc1ccc(S(=O)(=O)NCc2ccccc2)cc1C(=O)Nc1cccc(Br)c1. The zero-order chi connectivity index (χ0) is 20.1. The van der Waals surface area contributed by atoms with Crippen molar-refractivity contribution in [2.75, 3.05) is 5.32 Å². The summed E-state index contributed by atoms with van der Waals surface area (Å²) in [7, 11) is -3.75. The van der Waals surface area contributed by atoms with Gasteiger partial charge in [0.05, 0.1) is 4.90 Å². The Morgan fingerprint density at radius 2 is 1.71 bits per heavy atom. The highest BCUT2D eigenvalue weighted by Gasteiger charge is 2.18. The van der Waals surface area contributed by atoms with Crippen molar-refractivity contribution in [1.82, 2.24) is 4.72 Å². The van der Waals surface area contributed by atoms with Crippen molar-refractivity contribution >= 4 is 37.5 Å². The molecule has 0 aliphatic heterocycles. The van der Waals surface area contributed by atoms with Crippen LogP contribution in [0.5, 0.6) is 0 Å². The minimum Gasteiger partial charge on any atom is -0.322 e. The predicted octanol–water partition coefficient (Wildman–Crippen LogP) is 4.49. The molecule has 5 nitrogen and oxygen atoms in total. The Morgan fingerprint density at radius 3 is 2.43 bits per heavy atom. The number of benzene rings is 3. The van der Waals surface area contributed by atoms with Gasteiger partial charge < -0.3 is 5.32 Å². The molecule has 0 spiro atoms. The van der Waals surface area contributed by atoms with Gasteiger partial charge in [-0.15, -0.1) is 0 Å². The van der Waals surface area contributed by atoms with Crippen molar-refractivity contribution in [1.29, 1.82) is 0 Å². The van der Waals surface area contributed by atoms with Crippen molar-refractivity contribution in [3.8, 4) is 0 Å². The number of sulfonamides is 1. The summed E-state index contributed by atoms with van der Waals surface area (Å²) >= 11 is 3.36. The fourth-order valence-corrected chi connectivity index (χ4v) is 4.08. The number of anilines is 1. The summed E-state index contributed by atoms with van der Waals surface area (Å²) < 4.78 is 28.7. The van der Waals surface area contributed by atoms with Crippen LogP contribution < -0.4 is 10.0 Å². The topological polar surface area (TPSA) is 75.3 Å². The average molecular weight is 459 g/mol. The van der Waals surface area contributed by atoms with E-state index in [-0.39, 0.29) is 17.3 Å². The Hall–Kier alpha value is -2.48. The third-order valence-corrected chi connectivity index (χ3v) is 6.05. The number of nitrogens with one attached hydrogen (secondary N) is 2. The van der Waals surface area contributed by atoms with Crippen LogP contribution in [0.25, 0.3) is 0 Å². The summed E-state index contributed by atoms with van der Waals surface area (Å²) in [6, 6.07) is 21.0. The van der Waals surface area contributed by atoms with Crippen LogP contribution in [0, 0.1) is 6.92 Å². The van der Waals surface area contributed by atoms with Gasteiger partial charge in [0, 0.05) is 22.3 Å². The molecule has 0 aliphatic rings. The summed E-state index contributed by atoms with van der Waals surface area (Å²) in [5.74, 6) is -0.365. The number of carbonyl (C=O) groups excluding carboxylic acids is 1. The Labute approximate surface area is 173 Å². The van der Waals surface area contributed by atoms with E-state index in [1.165, 1.54) is 12.1 Å². The highest BCUT2D eigenvalue weighted by Crippen LogP contribution is 2.20. The molecule has 0 bridgehead atoms. The molecule has 1 amide bonds. The van der Waals surface area contributed by atoms with Gasteiger partial charge in [-0.25, -0.2) is 13.1 Å². The molecule has 7 heteroatoms. The van der Waals surface area contributed by atoms with Crippen molar-refractivity contribution in [2.24, 2.45) is 0 Å². The highest BCUT2D eigenvalue weighted by molar-refractivity contribution is 9.10. The van der Waals surface area contributed by atoms with E-state index in [2.05, 4.69) is 26.0 Å². The van der Waals surface area contributed by atoms with Crippen LogP contribution in [0.15, 0.2) is 82.2 Å². The van der Waals surface area contributed by atoms with E-state index >= 15 is 0 Å². The number of carbonyl (C=O) groups is 1. The van der Waals surface area contributed by atoms with E-state index in [1.807, 2.05) is 36.4 Å². The van der Waals surface area contributed by atoms with E-state index < -0.39 is 10.0 Å². The summed E-state index contributed by atoms with van der Waals surface area (Å²) in [5.41, 5.74) is 2.47. The van der Waals surface area contributed by atoms with E-state index in [0.29, 0.717) is 16.8 Å². The van der Waals surface area contributed by atoms with Crippen LogP contribution in [0.1, 0.15) is 21.5 Å². The zero-order valence-corrected chi connectivity index (χ0v) is 17.5. The quantitative estimate of drug-likeness (QED) is 0.571. The lowest BCUT2D eigenvalue weighted by molar-refractivity contribution is 0.102. The van der Waals surface area contributed by atoms with E-state index in [4.69, 9.17) is 0 Å². The molecule has 0 aromatic heterocycles. The second kappa shape index (κ2) is 8.68. The highest BCUT2D eigenvalue weighted by atomic mass is 79.9. The molecule has 0 saturated carbocycles. The second-order valence-corrected chi connectivity index (χ2v) is 8.93. The third-order valence-electron chi connectivity index (χ3n) is 4.16. The Balaban J connectivity index is 1.81. The lowest BCUT2D eigenvalue weighted by atomic mass is 10.1. The van der Waals surface area contributed by atoms with Gasteiger partial charge in [0.15, 0.2) is 0 Å². The molecule has 0 heterocycles. The van der Waals surface area contributed by atoms with E-state index in [0.717, 1.165) is 10.0 Å². The Morgan fingerprint density at radius 1 is 0.964 bits per heavy atom. The van der Waals surface area contributed by atoms with Crippen LogP contribution in [-0.2, 0) is 16.6 Å². The number of aryl methyl sites for hydroxylation is 1. The molecule has 144 valence electrons. The smallest absolute Gasteiger partial charge is 0.255 e. The van der Waals surface area contributed by atoms with Crippen LogP contribution in [0.3, 0.4) is 0 Å². The van der Waals surface area contributed by atoms with Crippen molar-refractivity contribution in [3.63, 3.8) is 0 Å². The standard InChI is InChI=1S/C21H19BrN2O3S/c1-15-10-11-19(28(26,27)23-14-16-6-3-2-4-7-16)13-20(15)21(25)24-18-9-5-8-17(22)12-18/h2-13,23H,14H2,1H3,(H,24,25). The molecule has 2 N–H and O–H groups in total. The number of hydrogen-bond acceptors (Lipinski definition) is 3.